The smallest absolute Gasteiger partial charge is 0.251 e. The Morgan fingerprint density at radius 1 is 1.53 bits per heavy atom. The fraction of sp³-hybridized carbons (Fsp3) is 0.333. The number of fused-ring (bicyclic) bond motifs is 1. The van der Waals surface area contributed by atoms with Crippen LogP contribution in [0.1, 0.15) is 16.2 Å². The predicted molar refractivity (Wildman–Crippen MR) is 63.0 cm³/mol. The maximum Gasteiger partial charge on any atom is 0.251 e. The Bertz CT molecular complexity index is 534. The first-order valence-electron chi connectivity index (χ1n) is 5.35. The summed E-state index contributed by atoms with van der Waals surface area (Å²) >= 11 is 0. The number of aryl methyl sites for hydroxylation is 1. The van der Waals surface area contributed by atoms with Gasteiger partial charge in [-0.2, -0.15) is 0 Å². The van der Waals surface area contributed by atoms with Gasteiger partial charge in [0.25, 0.3) is 5.91 Å². The molecule has 0 aliphatic heterocycles. The summed E-state index contributed by atoms with van der Waals surface area (Å²) in [7, 11) is 1.59. The van der Waals surface area contributed by atoms with Crippen molar-refractivity contribution in [1.29, 1.82) is 0 Å². The van der Waals surface area contributed by atoms with Gasteiger partial charge in [-0.05, 0) is 18.2 Å². The third-order valence-electron chi connectivity index (χ3n) is 2.35. The van der Waals surface area contributed by atoms with Crippen molar-refractivity contribution in [2.75, 3.05) is 20.3 Å². The average molecular weight is 234 g/mol. The molecular weight excluding hydrogens is 220 g/mol. The maximum absolute atomic E-state index is 11.7. The van der Waals surface area contributed by atoms with E-state index in [9.17, 15) is 4.79 Å². The van der Waals surface area contributed by atoms with Crippen LogP contribution in [0.25, 0.3) is 11.1 Å². The number of nitrogens with zero attached hydrogens (tertiary/aromatic N) is 1. The number of amides is 1. The molecule has 0 aliphatic rings. The number of carbonyl (C=O) groups excluding carboxylic acids is 1. The van der Waals surface area contributed by atoms with Gasteiger partial charge in [-0.3, -0.25) is 4.79 Å². The van der Waals surface area contributed by atoms with Gasteiger partial charge >= 0.3 is 0 Å². The zero-order valence-electron chi connectivity index (χ0n) is 9.82. The SMILES string of the molecule is COCCNC(=O)c1ccc2oc(C)nc2c1. The van der Waals surface area contributed by atoms with Crippen LogP contribution in [-0.4, -0.2) is 31.2 Å². The van der Waals surface area contributed by atoms with E-state index in [1.807, 2.05) is 0 Å². The molecule has 0 aliphatic carbocycles. The van der Waals surface area contributed by atoms with Crippen molar-refractivity contribution in [2.45, 2.75) is 6.92 Å². The minimum Gasteiger partial charge on any atom is -0.441 e. The van der Waals surface area contributed by atoms with Gasteiger partial charge in [0.05, 0.1) is 6.61 Å². The second-order valence-electron chi connectivity index (χ2n) is 3.66. The number of hydrogen-bond acceptors (Lipinski definition) is 4. The quantitative estimate of drug-likeness (QED) is 0.814. The summed E-state index contributed by atoms with van der Waals surface area (Å²) in [6.07, 6.45) is 0. The Kier molecular flexibility index (Phi) is 3.39. The summed E-state index contributed by atoms with van der Waals surface area (Å²) in [6.45, 7) is 2.76. The fourth-order valence-corrected chi connectivity index (χ4v) is 1.55. The highest BCUT2D eigenvalue weighted by Crippen LogP contribution is 2.16. The van der Waals surface area contributed by atoms with Crippen LogP contribution < -0.4 is 5.32 Å². The third kappa shape index (κ3) is 2.62. The van der Waals surface area contributed by atoms with Crippen LogP contribution in [0.4, 0.5) is 0 Å². The second kappa shape index (κ2) is 4.97. The molecule has 0 bridgehead atoms. The van der Waals surface area contributed by atoms with Crippen molar-refractivity contribution in [1.82, 2.24) is 10.3 Å². The van der Waals surface area contributed by atoms with Crippen molar-refractivity contribution < 1.29 is 13.9 Å². The first-order chi connectivity index (χ1) is 8.20. The van der Waals surface area contributed by atoms with E-state index < -0.39 is 0 Å². The van der Waals surface area contributed by atoms with Crippen LogP contribution in [0.2, 0.25) is 0 Å². The summed E-state index contributed by atoms with van der Waals surface area (Å²) < 4.78 is 10.2. The highest BCUT2D eigenvalue weighted by atomic mass is 16.5. The summed E-state index contributed by atoms with van der Waals surface area (Å²) in [5.74, 6) is 0.460. The van der Waals surface area contributed by atoms with E-state index in [-0.39, 0.29) is 5.91 Å². The number of methoxy groups -OCH3 is 1. The van der Waals surface area contributed by atoms with Crippen molar-refractivity contribution in [2.24, 2.45) is 0 Å². The molecule has 5 heteroatoms. The number of benzene rings is 1. The molecule has 0 saturated carbocycles. The highest BCUT2D eigenvalue weighted by Gasteiger charge is 2.08. The first kappa shape index (κ1) is 11.6. The van der Waals surface area contributed by atoms with Crippen LogP contribution in [0.3, 0.4) is 0 Å². The molecule has 0 saturated heterocycles. The average Bonchev–Trinajstić information content (AvgIpc) is 2.68. The zero-order valence-corrected chi connectivity index (χ0v) is 9.82. The van der Waals surface area contributed by atoms with Crippen LogP contribution in [-0.2, 0) is 4.74 Å². The van der Waals surface area contributed by atoms with Gasteiger partial charge in [0.1, 0.15) is 5.52 Å². The van der Waals surface area contributed by atoms with E-state index in [2.05, 4.69) is 10.3 Å². The lowest BCUT2D eigenvalue weighted by molar-refractivity contribution is 0.0937. The Balaban J connectivity index is 2.15. The molecule has 0 fully saturated rings. The molecule has 1 aromatic carbocycles. The summed E-state index contributed by atoms with van der Waals surface area (Å²) in [6, 6.07) is 5.18. The molecule has 0 radical (unpaired) electrons. The topological polar surface area (TPSA) is 64.4 Å². The Morgan fingerprint density at radius 2 is 2.35 bits per heavy atom. The number of hydrogen-bond donors (Lipinski definition) is 1. The summed E-state index contributed by atoms with van der Waals surface area (Å²) in [4.78, 5) is 15.9. The highest BCUT2D eigenvalue weighted by molar-refractivity contribution is 5.97. The third-order valence-corrected chi connectivity index (χ3v) is 2.35. The van der Waals surface area contributed by atoms with Gasteiger partial charge in [-0.25, -0.2) is 4.98 Å². The number of ether oxygens (including phenoxy) is 1. The van der Waals surface area contributed by atoms with Crippen LogP contribution >= 0.6 is 0 Å². The Labute approximate surface area is 98.8 Å². The molecule has 0 spiro atoms. The number of oxazole rings is 1. The van der Waals surface area contributed by atoms with E-state index in [0.717, 1.165) is 0 Å². The minimum absolute atomic E-state index is 0.135. The van der Waals surface area contributed by atoms with E-state index >= 15 is 0 Å². The van der Waals surface area contributed by atoms with Crippen molar-refractivity contribution in [3.63, 3.8) is 0 Å². The van der Waals surface area contributed by atoms with Gasteiger partial charge in [0, 0.05) is 26.1 Å². The molecule has 1 N–H and O–H groups in total. The number of rotatable bonds is 4. The second-order valence-corrected chi connectivity index (χ2v) is 3.66. The molecule has 2 rings (SSSR count). The van der Waals surface area contributed by atoms with Crippen molar-refractivity contribution in [3.05, 3.63) is 29.7 Å². The summed E-state index contributed by atoms with van der Waals surface area (Å²) in [5, 5.41) is 2.75. The van der Waals surface area contributed by atoms with Gasteiger partial charge in [-0.1, -0.05) is 0 Å². The summed E-state index contributed by atoms with van der Waals surface area (Å²) in [5.41, 5.74) is 1.96. The van der Waals surface area contributed by atoms with Crippen LogP contribution in [0.15, 0.2) is 22.6 Å². The molecular formula is C12H14N2O3. The molecule has 1 amide bonds. The molecule has 1 aromatic heterocycles. The zero-order chi connectivity index (χ0) is 12.3. The first-order valence-corrected chi connectivity index (χ1v) is 5.35. The lowest BCUT2D eigenvalue weighted by Crippen LogP contribution is -2.26. The normalized spacial score (nSPS) is 10.7. The number of carbonyl (C=O) groups is 1. The van der Waals surface area contributed by atoms with E-state index in [4.69, 9.17) is 9.15 Å². The van der Waals surface area contributed by atoms with Crippen molar-refractivity contribution in [3.8, 4) is 0 Å². The molecule has 1 heterocycles. The van der Waals surface area contributed by atoms with E-state index in [1.54, 1.807) is 32.2 Å². The van der Waals surface area contributed by atoms with Gasteiger partial charge < -0.3 is 14.5 Å². The van der Waals surface area contributed by atoms with Crippen LogP contribution in [0.5, 0.6) is 0 Å². The molecule has 5 nitrogen and oxygen atoms in total. The van der Waals surface area contributed by atoms with E-state index in [1.165, 1.54) is 0 Å². The van der Waals surface area contributed by atoms with Gasteiger partial charge in [0.15, 0.2) is 11.5 Å². The monoisotopic (exact) mass is 234 g/mol. The lowest BCUT2D eigenvalue weighted by Gasteiger charge is -2.03. The number of nitrogens with one attached hydrogen (secondary N) is 1. The largest absolute Gasteiger partial charge is 0.441 e. The standard InChI is InChI=1S/C12H14N2O3/c1-8-14-10-7-9(3-4-11(10)17-8)12(15)13-5-6-16-2/h3-4,7H,5-6H2,1-2H3,(H,13,15). The Hall–Kier alpha value is -1.88. The molecule has 17 heavy (non-hydrogen) atoms. The lowest BCUT2D eigenvalue weighted by atomic mass is 10.2. The minimum atomic E-state index is -0.135. The molecule has 90 valence electrons. The fourth-order valence-electron chi connectivity index (χ4n) is 1.55. The maximum atomic E-state index is 11.7. The number of aromatic nitrogens is 1. The molecule has 0 unspecified atom stereocenters. The van der Waals surface area contributed by atoms with Gasteiger partial charge in [0.2, 0.25) is 0 Å². The molecule has 0 atom stereocenters. The van der Waals surface area contributed by atoms with Crippen molar-refractivity contribution >= 4 is 17.0 Å². The molecule has 2 aromatic rings. The predicted octanol–water partition coefficient (Wildman–Crippen LogP) is 1.51. The van der Waals surface area contributed by atoms with Gasteiger partial charge in [-0.15, -0.1) is 0 Å². The Morgan fingerprint density at radius 3 is 3.12 bits per heavy atom. The van der Waals surface area contributed by atoms with E-state index in [0.29, 0.717) is 35.7 Å². The van der Waals surface area contributed by atoms with Crippen LogP contribution in [0, 0.1) is 6.92 Å².